The molecule has 7 nitrogen and oxygen atoms in total. The first-order valence-electron chi connectivity index (χ1n) is 6.66. The van der Waals surface area contributed by atoms with Crippen LogP contribution in [0.2, 0.25) is 0 Å². The third kappa shape index (κ3) is 5.06. The predicted octanol–water partition coefficient (Wildman–Crippen LogP) is 2.87. The summed E-state index contributed by atoms with van der Waals surface area (Å²) < 4.78 is 10.1. The molecule has 0 spiro atoms. The molecule has 1 unspecified atom stereocenters. The minimum Gasteiger partial charge on any atom is -0.458 e. The Morgan fingerprint density at radius 2 is 1.74 bits per heavy atom. The molecule has 0 aliphatic rings. The van der Waals surface area contributed by atoms with E-state index in [1.807, 2.05) is 0 Å². The second-order valence-electron chi connectivity index (χ2n) is 4.87. The van der Waals surface area contributed by atoms with E-state index in [4.69, 9.17) is 9.47 Å². The molecule has 0 heterocycles. The Morgan fingerprint density at radius 1 is 1.17 bits per heavy atom. The van der Waals surface area contributed by atoms with Crippen molar-refractivity contribution in [2.75, 3.05) is 6.61 Å². The van der Waals surface area contributed by atoms with Gasteiger partial charge in [0.05, 0.1) is 10.5 Å². The molecule has 0 radical (unpaired) electrons. The Balaban J connectivity index is 3.10. The van der Waals surface area contributed by atoms with Crippen LogP contribution in [-0.4, -0.2) is 23.5 Å². The lowest BCUT2D eigenvalue weighted by Crippen LogP contribution is -2.20. The average molecular weight is 319 g/mol. The normalized spacial score (nSPS) is 11.2. The van der Waals surface area contributed by atoms with Gasteiger partial charge < -0.3 is 9.47 Å². The Labute approximate surface area is 133 Å². The van der Waals surface area contributed by atoms with Crippen LogP contribution in [0.4, 0.5) is 5.69 Å². The van der Waals surface area contributed by atoms with E-state index >= 15 is 0 Å². The van der Waals surface area contributed by atoms with Crippen molar-refractivity contribution in [2.45, 2.75) is 20.0 Å². The van der Waals surface area contributed by atoms with Crippen molar-refractivity contribution in [3.63, 3.8) is 0 Å². The lowest BCUT2D eigenvalue weighted by molar-refractivity contribution is -0.386. The molecule has 0 N–H and O–H groups in total. The zero-order valence-corrected chi connectivity index (χ0v) is 12.9. The number of hydrogen-bond donors (Lipinski definition) is 0. The van der Waals surface area contributed by atoms with Crippen LogP contribution in [0, 0.1) is 10.1 Å². The zero-order chi connectivity index (χ0) is 17.6. The molecule has 0 bridgehead atoms. The standard InChI is InChI=1S/C16H17NO6/c1-10(2)15(18)22-9-14(23-16(19)11(3)4)12-7-5-6-8-13(12)17(20)21/h5-8,14H,1,3,9H2,2,4H3. The largest absolute Gasteiger partial charge is 0.458 e. The highest BCUT2D eigenvalue weighted by atomic mass is 16.6. The summed E-state index contributed by atoms with van der Waals surface area (Å²) >= 11 is 0. The maximum absolute atomic E-state index is 11.7. The monoisotopic (exact) mass is 319 g/mol. The van der Waals surface area contributed by atoms with Crippen LogP contribution in [0.5, 0.6) is 0 Å². The van der Waals surface area contributed by atoms with Gasteiger partial charge in [-0.2, -0.15) is 0 Å². The summed E-state index contributed by atoms with van der Waals surface area (Å²) in [6, 6.07) is 5.75. The molecule has 0 aromatic heterocycles. The van der Waals surface area contributed by atoms with E-state index in [9.17, 15) is 19.7 Å². The van der Waals surface area contributed by atoms with Crippen molar-refractivity contribution in [2.24, 2.45) is 0 Å². The second-order valence-corrected chi connectivity index (χ2v) is 4.87. The van der Waals surface area contributed by atoms with E-state index in [1.54, 1.807) is 6.07 Å². The SMILES string of the molecule is C=C(C)C(=O)OCC(OC(=O)C(=C)C)c1ccccc1[N+](=O)[O-]. The van der Waals surface area contributed by atoms with Crippen LogP contribution in [0.3, 0.4) is 0 Å². The summed E-state index contributed by atoms with van der Waals surface area (Å²) in [5.74, 6) is -1.42. The van der Waals surface area contributed by atoms with Gasteiger partial charge in [-0.1, -0.05) is 25.3 Å². The minimum absolute atomic E-state index is 0.125. The molecule has 0 amide bonds. The van der Waals surface area contributed by atoms with Crippen molar-refractivity contribution < 1.29 is 24.0 Å². The number of hydrogen-bond acceptors (Lipinski definition) is 6. The molecule has 0 saturated carbocycles. The highest BCUT2D eigenvalue weighted by Gasteiger charge is 2.26. The summed E-state index contributed by atoms with van der Waals surface area (Å²) in [7, 11) is 0. The van der Waals surface area contributed by atoms with Crippen LogP contribution in [0.15, 0.2) is 48.6 Å². The zero-order valence-electron chi connectivity index (χ0n) is 12.9. The fourth-order valence-corrected chi connectivity index (χ4v) is 1.62. The molecule has 0 aliphatic carbocycles. The Morgan fingerprint density at radius 3 is 2.26 bits per heavy atom. The van der Waals surface area contributed by atoms with E-state index in [-0.39, 0.29) is 29.0 Å². The lowest BCUT2D eigenvalue weighted by Gasteiger charge is -2.18. The minimum atomic E-state index is -1.12. The maximum Gasteiger partial charge on any atom is 0.333 e. The number of para-hydroxylation sites is 1. The molecule has 1 rings (SSSR count). The number of benzene rings is 1. The van der Waals surface area contributed by atoms with Crippen LogP contribution < -0.4 is 0 Å². The van der Waals surface area contributed by atoms with Gasteiger partial charge in [0.2, 0.25) is 0 Å². The van der Waals surface area contributed by atoms with Crippen LogP contribution in [0.1, 0.15) is 25.5 Å². The number of nitro groups is 1. The van der Waals surface area contributed by atoms with Gasteiger partial charge in [0, 0.05) is 17.2 Å². The molecule has 0 aliphatic heterocycles. The number of nitro benzene ring substituents is 1. The summed E-state index contributed by atoms with van der Waals surface area (Å²) in [5, 5.41) is 11.1. The smallest absolute Gasteiger partial charge is 0.333 e. The van der Waals surface area contributed by atoms with Crippen molar-refractivity contribution >= 4 is 17.6 Å². The fourth-order valence-electron chi connectivity index (χ4n) is 1.62. The molecule has 1 aromatic carbocycles. The maximum atomic E-state index is 11.7. The number of rotatable bonds is 7. The second kappa shape index (κ2) is 7.88. The summed E-state index contributed by atoms with van der Waals surface area (Å²) in [4.78, 5) is 33.8. The first-order chi connectivity index (χ1) is 10.7. The number of nitrogens with zero attached hydrogens (tertiary/aromatic N) is 1. The van der Waals surface area contributed by atoms with Gasteiger partial charge >= 0.3 is 11.9 Å². The molecular weight excluding hydrogens is 302 g/mol. The molecule has 0 saturated heterocycles. The van der Waals surface area contributed by atoms with Crippen molar-refractivity contribution in [3.8, 4) is 0 Å². The summed E-state index contributed by atoms with van der Waals surface area (Å²) in [6.45, 7) is 9.43. The number of esters is 2. The van der Waals surface area contributed by atoms with Gasteiger partial charge in [-0.15, -0.1) is 0 Å². The molecule has 1 atom stereocenters. The Hall–Kier alpha value is -2.96. The van der Waals surface area contributed by atoms with Crippen molar-refractivity contribution in [1.29, 1.82) is 0 Å². The van der Waals surface area contributed by atoms with Crippen LogP contribution >= 0.6 is 0 Å². The first-order valence-corrected chi connectivity index (χ1v) is 6.66. The number of carbonyl (C=O) groups excluding carboxylic acids is 2. The molecular formula is C16H17NO6. The summed E-state index contributed by atoms with van der Waals surface area (Å²) in [5.41, 5.74) is 0.178. The third-order valence-electron chi connectivity index (χ3n) is 2.79. The fraction of sp³-hybridized carbons (Fsp3) is 0.250. The van der Waals surface area contributed by atoms with E-state index in [0.29, 0.717) is 0 Å². The van der Waals surface area contributed by atoms with E-state index < -0.39 is 23.0 Å². The highest BCUT2D eigenvalue weighted by molar-refractivity contribution is 5.88. The third-order valence-corrected chi connectivity index (χ3v) is 2.79. The van der Waals surface area contributed by atoms with Gasteiger partial charge in [-0.25, -0.2) is 9.59 Å². The molecule has 122 valence electrons. The van der Waals surface area contributed by atoms with Gasteiger partial charge in [0.25, 0.3) is 5.69 Å². The molecule has 23 heavy (non-hydrogen) atoms. The average Bonchev–Trinajstić information content (AvgIpc) is 2.50. The van der Waals surface area contributed by atoms with Gasteiger partial charge in [0.15, 0.2) is 6.10 Å². The van der Waals surface area contributed by atoms with E-state index in [0.717, 1.165) is 0 Å². The first kappa shape index (κ1) is 18.1. The van der Waals surface area contributed by atoms with Crippen molar-refractivity contribution in [3.05, 3.63) is 64.2 Å². The van der Waals surface area contributed by atoms with E-state index in [2.05, 4.69) is 13.2 Å². The Bertz CT molecular complexity index is 664. The van der Waals surface area contributed by atoms with Crippen LogP contribution in [0.25, 0.3) is 0 Å². The predicted molar refractivity (Wildman–Crippen MR) is 82.5 cm³/mol. The topological polar surface area (TPSA) is 95.7 Å². The van der Waals surface area contributed by atoms with Gasteiger partial charge in [-0.3, -0.25) is 10.1 Å². The van der Waals surface area contributed by atoms with Crippen molar-refractivity contribution in [1.82, 2.24) is 0 Å². The number of ether oxygens (including phenoxy) is 2. The number of carbonyl (C=O) groups is 2. The molecule has 1 aromatic rings. The summed E-state index contributed by atoms with van der Waals surface area (Å²) in [6.07, 6.45) is -1.12. The lowest BCUT2D eigenvalue weighted by atomic mass is 10.1. The van der Waals surface area contributed by atoms with Crippen LogP contribution in [-0.2, 0) is 19.1 Å². The van der Waals surface area contributed by atoms with Gasteiger partial charge in [0.1, 0.15) is 6.61 Å². The Kier molecular flexibility index (Phi) is 6.20. The van der Waals surface area contributed by atoms with E-state index in [1.165, 1.54) is 32.0 Å². The van der Waals surface area contributed by atoms with Gasteiger partial charge in [-0.05, 0) is 19.9 Å². The molecule has 7 heteroatoms. The highest BCUT2D eigenvalue weighted by Crippen LogP contribution is 2.28. The quantitative estimate of drug-likeness (QED) is 0.332. The molecule has 0 fully saturated rings.